The summed E-state index contributed by atoms with van der Waals surface area (Å²) in [4.78, 5) is 35.4. The van der Waals surface area contributed by atoms with Crippen molar-refractivity contribution < 1.29 is 19.4 Å². The SMILES string of the molecule is CSc1nccc(Oc2ccc(N(C(=O)C3CCC(C)CC3)C(C)C)c(C(=O)O)c2)n1. The molecule has 3 rings (SSSR count). The number of aromatic carboxylic acids is 1. The summed E-state index contributed by atoms with van der Waals surface area (Å²) in [6.45, 7) is 6.02. The zero-order valence-corrected chi connectivity index (χ0v) is 19.2. The fourth-order valence-electron chi connectivity index (χ4n) is 3.92. The third-order valence-corrected chi connectivity index (χ3v) is 6.15. The van der Waals surface area contributed by atoms with Crippen LogP contribution >= 0.6 is 11.8 Å². The van der Waals surface area contributed by atoms with Crippen molar-refractivity contribution in [2.45, 2.75) is 57.7 Å². The number of carbonyl (C=O) groups is 2. The Kier molecular flexibility index (Phi) is 7.54. The first-order valence-corrected chi connectivity index (χ1v) is 11.8. The molecule has 0 aliphatic heterocycles. The molecule has 1 aromatic heterocycles. The Morgan fingerprint density at radius 3 is 2.52 bits per heavy atom. The van der Waals surface area contributed by atoms with Gasteiger partial charge in [-0.1, -0.05) is 18.7 Å². The largest absolute Gasteiger partial charge is 0.478 e. The molecule has 31 heavy (non-hydrogen) atoms. The second kappa shape index (κ2) is 10.1. The first-order valence-electron chi connectivity index (χ1n) is 10.6. The van der Waals surface area contributed by atoms with Gasteiger partial charge < -0.3 is 14.7 Å². The lowest BCUT2D eigenvalue weighted by molar-refractivity contribution is -0.123. The zero-order chi connectivity index (χ0) is 22.5. The van der Waals surface area contributed by atoms with E-state index in [0.29, 0.717) is 28.4 Å². The fourth-order valence-corrected chi connectivity index (χ4v) is 4.26. The van der Waals surface area contributed by atoms with Crippen molar-refractivity contribution in [3.05, 3.63) is 36.0 Å². The van der Waals surface area contributed by atoms with Gasteiger partial charge in [-0.05, 0) is 69.9 Å². The van der Waals surface area contributed by atoms with Gasteiger partial charge in [0.1, 0.15) is 5.75 Å². The summed E-state index contributed by atoms with van der Waals surface area (Å²) in [5.41, 5.74) is 0.425. The minimum Gasteiger partial charge on any atom is -0.478 e. The molecule has 1 heterocycles. The van der Waals surface area contributed by atoms with E-state index in [4.69, 9.17) is 4.74 Å². The van der Waals surface area contributed by atoms with Crippen molar-refractivity contribution in [3.8, 4) is 11.6 Å². The molecular formula is C23H29N3O4S. The standard InChI is InChI=1S/C23H29N3O4S/c1-14(2)26(21(27)16-7-5-15(3)6-8-16)19-10-9-17(13-18(19)22(28)29)30-20-11-12-24-23(25-20)31-4/h9-16H,5-8H2,1-4H3,(H,28,29). The molecule has 0 saturated heterocycles. The molecule has 1 saturated carbocycles. The fraction of sp³-hybridized carbons (Fsp3) is 0.478. The molecule has 0 atom stereocenters. The highest BCUT2D eigenvalue weighted by atomic mass is 32.2. The van der Waals surface area contributed by atoms with Gasteiger partial charge >= 0.3 is 5.97 Å². The van der Waals surface area contributed by atoms with Gasteiger partial charge in [0.2, 0.25) is 11.8 Å². The number of nitrogens with zero attached hydrogens (tertiary/aromatic N) is 3. The van der Waals surface area contributed by atoms with Crippen LogP contribution in [0.25, 0.3) is 0 Å². The van der Waals surface area contributed by atoms with Gasteiger partial charge in [0.05, 0.1) is 11.3 Å². The number of carboxylic acid groups (broad SMARTS) is 1. The average molecular weight is 444 g/mol. The van der Waals surface area contributed by atoms with E-state index in [0.717, 1.165) is 25.7 Å². The Hall–Kier alpha value is -2.61. The molecule has 0 unspecified atom stereocenters. The summed E-state index contributed by atoms with van der Waals surface area (Å²) < 4.78 is 5.76. The van der Waals surface area contributed by atoms with E-state index < -0.39 is 5.97 Å². The molecule has 2 aromatic rings. The van der Waals surface area contributed by atoms with Gasteiger partial charge in [-0.2, -0.15) is 4.98 Å². The number of aromatic nitrogens is 2. The monoisotopic (exact) mass is 443 g/mol. The van der Waals surface area contributed by atoms with Crippen LogP contribution < -0.4 is 9.64 Å². The van der Waals surface area contributed by atoms with Gasteiger partial charge in [0, 0.05) is 24.2 Å². The number of ether oxygens (including phenoxy) is 1. The number of hydrogen-bond acceptors (Lipinski definition) is 6. The number of amides is 1. The van der Waals surface area contributed by atoms with Crippen LogP contribution in [-0.2, 0) is 4.79 Å². The van der Waals surface area contributed by atoms with Crippen molar-refractivity contribution in [1.82, 2.24) is 9.97 Å². The van der Waals surface area contributed by atoms with Crippen LogP contribution in [0.1, 0.15) is 56.8 Å². The van der Waals surface area contributed by atoms with Crippen molar-refractivity contribution in [1.29, 1.82) is 0 Å². The van der Waals surface area contributed by atoms with E-state index in [2.05, 4.69) is 16.9 Å². The molecule has 1 fully saturated rings. The molecule has 7 nitrogen and oxygen atoms in total. The van der Waals surface area contributed by atoms with Crippen molar-refractivity contribution in [2.24, 2.45) is 11.8 Å². The minimum absolute atomic E-state index is 0.00141. The summed E-state index contributed by atoms with van der Waals surface area (Å²) in [6, 6.07) is 6.22. The smallest absolute Gasteiger partial charge is 0.337 e. The lowest BCUT2D eigenvalue weighted by Crippen LogP contribution is -2.42. The van der Waals surface area contributed by atoms with E-state index in [1.807, 2.05) is 20.1 Å². The number of anilines is 1. The number of carboxylic acids is 1. The van der Waals surface area contributed by atoms with E-state index in [-0.39, 0.29) is 23.4 Å². The molecular weight excluding hydrogens is 414 g/mol. The lowest BCUT2D eigenvalue weighted by Gasteiger charge is -2.34. The summed E-state index contributed by atoms with van der Waals surface area (Å²) in [6.07, 6.45) is 7.19. The highest BCUT2D eigenvalue weighted by Crippen LogP contribution is 2.34. The predicted octanol–water partition coefficient (Wildman–Crippen LogP) is 5.26. The molecule has 0 bridgehead atoms. The van der Waals surface area contributed by atoms with Gasteiger partial charge in [0.25, 0.3) is 0 Å². The quantitative estimate of drug-likeness (QED) is 0.461. The van der Waals surface area contributed by atoms with E-state index in [1.165, 1.54) is 17.8 Å². The second-order valence-electron chi connectivity index (χ2n) is 8.23. The number of rotatable bonds is 7. The first kappa shape index (κ1) is 23.1. The van der Waals surface area contributed by atoms with Crippen LogP contribution in [-0.4, -0.2) is 39.2 Å². The number of hydrogen-bond donors (Lipinski definition) is 1. The Morgan fingerprint density at radius 2 is 1.90 bits per heavy atom. The van der Waals surface area contributed by atoms with Crippen molar-refractivity contribution >= 4 is 29.3 Å². The predicted molar refractivity (Wildman–Crippen MR) is 121 cm³/mol. The van der Waals surface area contributed by atoms with Crippen LogP contribution in [0.2, 0.25) is 0 Å². The maximum Gasteiger partial charge on any atom is 0.337 e. The average Bonchev–Trinajstić information content (AvgIpc) is 2.75. The van der Waals surface area contributed by atoms with E-state index >= 15 is 0 Å². The molecule has 166 valence electrons. The summed E-state index contributed by atoms with van der Waals surface area (Å²) >= 11 is 1.39. The summed E-state index contributed by atoms with van der Waals surface area (Å²) in [5, 5.41) is 10.4. The van der Waals surface area contributed by atoms with Crippen molar-refractivity contribution in [2.75, 3.05) is 11.2 Å². The number of benzene rings is 1. The maximum absolute atomic E-state index is 13.4. The minimum atomic E-state index is -1.11. The second-order valence-corrected chi connectivity index (χ2v) is 9.00. The molecule has 1 aromatic carbocycles. The Labute approximate surface area is 187 Å². The van der Waals surface area contributed by atoms with E-state index in [9.17, 15) is 14.7 Å². The molecule has 1 aliphatic carbocycles. The number of carbonyl (C=O) groups excluding carboxylic acids is 1. The summed E-state index contributed by atoms with van der Waals surface area (Å²) in [5.74, 6) is 0.131. The Balaban J connectivity index is 1.91. The normalized spacial score (nSPS) is 18.6. The lowest BCUT2D eigenvalue weighted by atomic mass is 9.82. The Morgan fingerprint density at radius 1 is 1.19 bits per heavy atom. The van der Waals surface area contributed by atoms with Gasteiger partial charge in [-0.25, -0.2) is 9.78 Å². The molecule has 1 N–H and O–H groups in total. The van der Waals surface area contributed by atoms with Crippen LogP contribution in [0, 0.1) is 11.8 Å². The third-order valence-electron chi connectivity index (χ3n) is 5.59. The zero-order valence-electron chi connectivity index (χ0n) is 18.4. The van der Waals surface area contributed by atoms with Gasteiger partial charge in [-0.15, -0.1) is 0 Å². The van der Waals surface area contributed by atoms with Crippen LogP contribution in [0.4, 0.5) is 5.69 Å². The Bertz CT molecular complexity index is 942. The van der Waals surface area contributed by atoms with Crippen molar-refractivity contribution in [3.63, 3.8) is 0 Å². The first-order chi connectivity index (χ1) is 14.8. The van der Waals surface area contributed by atoms with Crippen LogP contribution in [0.15, 0.2) is 35.6 Å². The van der Waals surface area contributed by atoms with Crippen LogP contribution in [0.3, 0.4) is 0 Å². The molecule has 1 aliphatic rings. The molecule has 1 amide bonds. The third kappa shape index (κ3) is 5.55. The number of thioether (sulfide) groups is 1. The topological polar surface area (TPSA) is 92.6 Å². The van der Waals surface area contributed by atoms with Gasteiger partial charge in [0.15, 0.2) is 5.16 Å². The molecule has 8 heteroatoms. The molecule has 0 radical (unpaired) electrons. The highest BCUT2D eigenvalue weighted by Gasteiger charge is 2.32. The van der Waals surface area contributed by atoms with Crippen LogP contribution in [0.5, 0.6) is 11.6 Å². The maximum atomic E-state index is 13.4. The summed E-state index contributed by atoms with van der Waals surface area (Å²) in [7, 11) is 0. The van der Waals surface area contributed by atoms with E-state index in [1.54, 1.807) is 29.3 Å². The highest BCUT2D eigenvalue weighted by molar-refractivity contribution is 7.98. The van der Waals surface area contributed by atoms with Gasteiger partial charge in [-0.3, -0.25) is 4.79 Å². The molecule has 0 spiro atoms.